The van der Waals surface area contributed by atoms with Crippen LogP contribution < -0.4 is 5.32 Å². The molecular formula is C13H19NO3. The first kappa shape index (κ1) is 12.2. The molecule has 0 bridgehead atoms. The van der Waals surface area contributed by atoms with E-state index in [1.807, 2.05) is 32.9 Å². The standard InChI is InChI=1S/C13H19NO3/c1-9-6-10(4-5-12(9)15)14-11-7-16-13(2,3)17-8-11/h4-6,11,14-15H,7-8H2,1-3H3. The molecule has 0 aliphatic carbocycles. The van der Waals surface area contributed by atoms with Gasteiger partial charge in [0, 0.05) is 5.69 Å². The summed E-state index contributed by atoms with van der Waals surface area (Å²) in [4.78, 5) is 0. The number of phenols is 1. The van der Waals surface area contributed by atoms with Gasteiger partial charge in [0.15, 0.2) is 5.79 Å². The van der Waals surface area contributed by atoms with Crippen LogP contribution in [0.3, 0.4) is 0 Å². The van der Waals surface area contributed by atoms with Crippen molar-refractivity contribution >= 4 is 5.69 Å². The normalized spacial score (nSPS) is 20.2. The average molecular weight is 237 g/mol. The third-order valence-electron chi connectivity index (χ3n) is 2.83. The quantitative estimate of drug-likeness (QED) is 0.775. The van der Waals surface area contributed by atoms with Gasteiger partial charge in [-0.2, -0.15) is 0 Å². The van der Waals surface area contributed by atoms with Crippen molar-refractivity contribution in [3.8, 4) is 5.75 Å². The Labute approximate surface area is 102 Å². The zero-order chi connectivity index (χ0) is 12.5. The molecule has 17 heavy (non-hydrogen) atoms. The van der Waals surface area contributed by atoms with Gasteiger partial charge in [0.25, 0.3) is 0 Å². The van der Waals surface area contributed by atoms with Crippen LogP contribution in [-0.4, -0.2) is 30.1 Å². The Hall–Kier alpha value is -1.26. The highest BCUT2D eigenvalue weighted by atomic mass is 16.7. The summed E-state index contributed by atoms with van der Waals surface area (Å²) in [6.07, 6.45) is 0. The highest BCUT2D eigenvalue weighted by Gasteiger charge is 2.28. The molecule has 2 N–H and O–H groups in total. The lowest BCUT2D eigenvalue weighted by Gasteiger charge is -2.35. The minimum absolute atomic E-state index is 0.145. The molecule has 4 nitrogen and oxygen atoms in total. The number of hydrogen-bond acceptors (Lipinski definition) is 4. The predicted octanol–water partition coefficient (Wildman–Crippen LogP) is 2.26. The summed E-state index contributed by atoms with van der Waals surface area (Å²) >= 11 is 0. The van der Waals surface area contributed by atoms with Crippen LogP contribution in [0.25, 0.3) is 0 Å². The average Bonchev–Trinajstić information content (AvgIpc) is 2.27. The summed E-state index contributed by atoms with van der Waals surface area (Å²) in [7, 11) is 0. The number of anilines is 1. The third kappa shape index (κ3) is 3.11. The largest absolute Gasteiger partial charge is 0.508 e. The number of aryl methyl sites for hydroxylation is 1. The van der Waals surface area contributed by atoms with Gasteiger partial charge < -0.3 is 19.9 Å². The van der Waals surface area contributed by atoms with Gasteiger partial charge in [-0.25, -0.2) is 0 Å². The van der Waals surface area contributed by atoms with Gasteiger partial charge in [0.1, 0.15) is 5.75 Å². The van der Waals surface area contributed by atoms with E-state index in [1.54, 1.807) is 6.07 Å². The van der Waals surface area contributed by atoms with Crippen LogP contribution >= 0.6 is 0 Å². The van der Waals surface area contributed by atoms with Crippen molar-refractivity contribution in [2.45, 2.75) is 32.6 Å². The van der Waals surface area contributed by atoms with Crippen LogP contribution in [0.2, 0.25) is 0 Å². The molecule has 0 amide bonds. The van der Waals surface area contributed by atoms with Crippen LogP contribution in [0.1, 0.15) is 19.4 Å². The Bertz CT molecular complexity index is 394. The molecule has 0 atom stereocenters. The number of aromatic hydroxyl groups is 1. The molecule has 4 heteroatoms. The molecule has 1 saturated heterocycles. The number of ether oxygens (including phenoxy) is 2. The van der Waals surface area contributed by atoms with E-state index < -0.39 is 5.79 Å². The molecule has 1 aromatic carbocycles. The lowest BCUT2D eigenvalue weighted by atomic mass is 10.2. The Morgan fingerprint density at radius 1 is 1.29 bits per heavy atom. The topological polar surface area (TPSA) is 50.7 Å². The first-order chi connectivity index (χ1) is 7.96. The van der Waals surface area contributed by atoms with Crippen LogP contribution in [0.4, 0.5) is 5.69 Å². The molecule has 1 aliphatic rings. The van der Waals surface area contributed by atoms with E-state index in [0.29, 0.717) is 19.0 Å². The van der Waals surface area contributed by atoms with Crippen LogP contribution in [0.15, 0.2) is 18.2 Å². The van der Waals surface area contributed by atoms with Gasteiger partial charge in [-0.15, -0.1) is 0 Å². The van der Waals surface area contributed by atoms with Crippen LogP contribution in [0, 0.1) is 6.92 Å². The predicted molar refractivity (Wildman–Crippen MR) is 66.2 cm³/mol. The fraction of sp³-hybridized carbons (Fsp3) is 0.538. The van der Waals surface area contributed by atoms with Crippen molar-refractivity contribution in [3.63, 3.8) is 0 Å². The highest BCUT2D eigenvalue weighted by Crippen LogP contribution is 2.23. The Morgan fingerprint density at radius 3 is 2.53 bits per heavy atom. The molecule has 0 unspecified atom stereocenters. The number of phenolic OH excluding ortho intramolecular Hbond substituents is 1. The maximum absolute atomic E-state index is 9.44. The SMILES string of the molecule is Cc1cc(NC2COC(C)(C)OC2)ccc1O. The zero-order valence-corrected chi connectivity index (χ0v) is 10.5. The zero-order valence-electron chi connectivity index (χ0n) is 10.5. The molecule has 1 aromatic rings. The molecule has 94 valence electrons. The molecule has 1 fully saturated rings. The lowest BCUT2D eigenvalue weighted by molar-refractivity contribution is -0.247. The minimum atomic E-state index is -0.483. The Kier molecular flexibility index (Phi) is 3.26. The summed E-state index contributed by atoms with van der Waals surface area (Å²) in [6, 6.07) is 5.59. The second-order valence-electron chi connectivity index (χ2n) is 4.86. The number of nitrogens with one attached hydrogen (secondary N) is 1. The van der Waals surface area contributed by atoms with E-state index in [1.165, 1.54) is 0 Å². The summed E-state index contributed by atoms with van der Waals surface area (Å²) in [5.74, 6) is -0.170. The number of hydrogen-bond donors (Lipinski definition) is 2. The van der Waals surface area contributed by atoms with Crippen molar-refractivity contribution in [1.82, 2.24) is 0 Å². The van der Waals surface area contributed by atoms with Crippen LogP contribution in [0.5, 0.6) is 5.75 Å². The fourth-order valence-corrected chi connectivity index (χ4v) is 1.76. The second kappa shape index (κ2) is 4.55. The summed E-state index contributed by atoms with van der Waals surface area (Å²) in [6.45, 7) is 6.93. The van der Waals surface area contributed by atoms with Gasteiger partial charge in [-0.1, -0.05) is 0 Å². The lowest BCUT2D eigenvalue weighted by Crippen LogP contribution is -2.45. The van der Waals surface area contributed by atoms with Crippen molar-refractivity contribution < 1.29 is 14.6 Å². The van der Waals surface area contributed by atoms with Gasteiger partial charge in [0.2, 0.25) is 0 Å². The van der Waals surface area contributed by atoms with E-state index in [0.717, 1.165) is 11.3 Å². The fourth-order valence-electron chi connectivity index (χ4n) is 1.76. The van der Waals surface area contributed by atoms with Gasteiger partial charge in [-0.05, 0) is 44.5 Å². The molecule has 0 saturated carbocycles. The Balaban J connectivity index is 1.95. The molecule has 0 aromatic heterocycles. The first-order valence-corrected chi connectivity index (χ1v) is 5.80. The van der Waals surface area contributed by atoms with E-state index in [4.69, 9.17) is 9.47 Å². The van der Waals surface area contributed by atoms with Gasteiger partial charge in [0.05, 0.1) is 19.3 Å². The molecule has 1 aliphatic heterocycles. The van der Waals surface area contributed by atoms with E-state index >= 15 is 0 Å². The summed E-state index contributed by atoms with van der Waals surface area (Å²) < 4.78 is 11.1. The Morgan fingerprint density at radius 2 is 1.94 bits per heavy atom. The maximum Gasteiger partial charge on any atom is 0.162 e. The van der Waals surface area contributed by atoms with Gasteiger partial charge >= 0.3 is 0 Å². The second-order valence-corrected chi connectivity index (χ2v) is 4.86. The van der Waals surface area contributed by atoms with Crippen LogP contribution in [-0.2, 0) is 9.47 Å². The monoisotopic (exact) mass is 237 g/mol. The van der Waals surface area contributed by atoms with Crippen molar-refractivity contribution in [2.75, 3.05) is 18.5 Å². The molecule has 0 spiro atoms. The van der Waals surface area contributed by atoms with Crippen molar-refractivity contribution in [2.24, 2.45) is 0 Å². The van der Waals surface area contributed by atoms with E-state index in [-0.39, 0.29) is 6.04 Å². The van der Waals surface area contributed by atoms with Crippen molar-refractivity contribution in [3.05, 3.63) is 23.8 Å². The number of benzene rings is 1. The first-order valence-electron chi connectivity index (χ1n) is 5.80. The molecular weight excluding hydrogens is 218 g/mol. The highest BCUT2D eigenvalue weighted by molar-refractivity contribution is 5.50. The van der Waals surface area contributed by atoms with E-state index in [9.17, 15) is 5.11 Å². The molecule has 0 radical (unpaired) electrons. The van der Waals surface area contributed by atoms with E-state index in [2.05, 4.69) is 5.32 Å². The maximum atomic E-state index is 9.44. The third-order valence-corrected chi connectivity index (χ3v) is 2.83. The van der Waals surface area contributed by atoms with Gasteiger partial charge in [-0.3, -0.25) is 0 Å². The molecule has 2 rings (SSSR count). The molecule has 1 heterocycles. The summed E-state index contributed by atoms with van der Waals surface area (Å²) in [5, 5.41) is 12.8. The number of rotatable bonds is 2. The summed E-state index contributed by atoms with van der Waals surface area (Å²) in [5.41, 5.74) is 1.82. The minimum Gasteiger partial charge on any atom is -0.508 e. The smallest absolute Gasteiger partial charge is 0.162 e. The van der Waals surface area contributed by atoms with Crippen molar-refractivity contribution in [1.29, 1.82) is 0 Å².